The first-order valence-electron chi connectivity index (χ1n) is 16.8. The molecule has 226 valence electrons. The number of fused-ring (bicyclic) bond motifs is 9. The maximum Gasteiger partial charge on any atom is 0.227 e. The summed E-state index contributed by atoms with van der Waals surface area (Å²) in [7, 11) is 0. The molecule has 0 N–H and O–H groups in total. The molecule has 1 heterocycles. The highest BCUT2D eigenvalue weighted by molar-refractivity contribution is 6.21. The molecule has 1 aromatic heterocycles. The van der Waals surface area contributed by atoms with Gasteiger partial charge in [-0.2, -0.15) is 0 Å². The summed E-state index contributed by atoms with van der Waals surface area (Å²) in [6.07, 6.45) is 0. The first-order chi connectivity index (χ1) is 24.3. The van der Waals surface area contributed by atoms with Crippen LogP contribution in [-0.2, 0) is 0 Å². The molecule has 49 heavy (non-hydrogen) atoms. The SMILES string of the molecule is c1ccc(-c2nc3ccc4ccc5cc(-c6ccc(-c7ccc8c9c(cccc79)-c7ccccc7-8)c7ccccc67)ccc5c4c3o2)cc1. The van der Waals surface area contributed by atoms with Crippen LogP contribution in [0, 0.1) is 0 Å². The molecule has 1 aliphatic rings. The van der Waals surface area contributed by atoms with Crippen LogP contribution in [0.25, 0.3) is 110 Å². The van der Waals surface area contributed by atoms with Crippen LogP contribution < -0.4 is 0 Å². The molecule has 2 heteroatoms. The zero-order valence-electron chi connectivity index (χ0n) is 26.4. The van der Waals surface area contributed by atoms with Crippen LogP contribution >= 0.6 is 0 Å². The second-order valence-electron chi connectivity index (χ2n) is 13.0. The highest BCUT2D eigenvalue weighted by Gasteiger charge is 2.23. The molecule has 0 bridgehead atoms. The van der Waals surface area contributed by atoms with E-state index in [1.54, 1.807) is 0 Å². The Hall–Kier alpha value is -6.51. The van der Waals surface area contributed by atoms with Crippen molar-refractivity contribution in [3.05, 3.63) is 164 Å². The van der Waals surface area contributed by atoms with Gasteiger partial charge in [-0.15, -0.1) is 0 Å². The largest absolute Gasteiger partial charge is 0.435 e. The van der Waals surface area contributed by atoms with Crippen LogP contribution in [0.2, 0.25) is 0 Å². The predicted molar refractivity (Wildman–Crippen MR) is 205 cm³/mol. The van der Waals surface area contributed by atoms with Crippen molar-refractivity contribution in [1.29, 1.82) is 0 Å². The van der Waals surface area contributed by atoms with Crippen LogP contribution in [0.15, 0.2) is 168 Å². The molecule has 0 amide bonds. The number of aromatic nitrogens is 1. The Labute approximate surface area is 282 Å². The molecule has 0 aliphatic heterocycles. The van der Waals surface area contributed by atoms with Crippen molar-refractivity contribution in [2.24, 2.45) is 0 Å². The number of hydrogen-bond donors (Lipinski definition) is 0. The van der Waals surface area contributed by atoms with Crippen molar-refractivity contribution in [1.82, 2.24) is 4.98 Å². The molecule has 0 atom stereocenters. The summed E-state index contributed by atoms with van der Waals surface area (Å²) in [4.78, 5) is 4.85. The molecule has 0 spiro atoms. The summed E-state index contributed by atoms with van der Waals surface area (Å²) in [5.74, 6) is 0.646. The van der Waals surface area contributed by atoms with Crippen molar-refractivity contribution >= 4 is 54.2 Å². The van der Waals surface area contributed by atoms with Gasteiger partial charge in [0, 0.05) is 10.9 Å². The predicted octanol–water partition coefficient (Wildman–Crippen LogP) is 13.1. The Morgan fingerprint density at radius 3 is 1.80 bits per heavy atom. The number of nitrogens with zero attached hydrogens (tertiary/aromatic N) is 1. The Balaban J connectivity index is 1.08. The summed E-state index contributed by atoms with van der Waals surface area (Å²) >= 11 is 0. The molecule has 11 rings (SSSR count). The molecule has 2 nitrogen and oxygen atoms in total. The monoisotopic (exact) mass is 621 g/mol. The van der Waals surface area contributed by atoms with Crippen LogP contribution in [-0.4, -0.2) is 4.98 Å². The molecule has 0 unspecified atom stereocenters. The Morgan fingerprint density at radius 2 is 0.959 bits per heavy atom. The lowest BCUT2D eigenvalue weighted by Crippen LogP contribution is -1.88. The highest BCUT2D eigenvalue weighted by atomic mass is 16.3. The smallest absolute Gasteiger partial charge is 0.227 e. The van der Waals surface area contributed by atoms with Crippen molar-refractivity contribution in [2.75, 3.05) is 0 Å². The number of oxazole rings is 1. The summed E-state index contributed by atoms with van der Waals surface area (Å²) in [6, 6.07) is 59.2. The Bertz CT molecular complexity index is 2960. The van der Waals surface area contributed by atoms with E-state index in [1.807, 2.05) is 30.3 Å². The van der Waals surface area contributed by atoms with Crippen LogP contribution in [0.3, 0.4) is 0 Å². The zero-order chi connectivity index (χ0) is 32.1. The summed E-state index contributed by atoms with van der Waals surface area (Å²) in [5, 5.41) is 9.75. The van der Waals surface area contributed by atoms with Gasteiger partial charge in [0.25, 0.3) is 0 Å². The van der Waals surface area contributed by atoms with Gasteiger partial charge in [0.15, 0.2) is 5.58 Å². The minimum Gasteiger partial charge on any atom is -0.435 e. The van der Waals surface area contributed by atoms with Gasteiger partial charge in [0.1, 0.15) is 5.52 Å². The molecular weight excluding hydrogens is 595 g/mol. The molecule has 9 aromatic carbocycles. The van der Waals surface area contributed by atoms with Crippen LogP contribution in [0.1, 0.15) is 0 Å². The van der Waals surface area contributed by atoms with Gasteiger partial charge < -0.3 is 4.42 Å². The average Bonchev–Trinajstić information content (AvgIpc) is 3.76. The quantitative estimate of drug-likeness (QED) is 0.183. The van der Waals surface area contributed by atoms with Gasteiger partial charge >= 0.3 is 0 Å². The highest BCUT2D eigenvalue weighted by Crippen LogP contribution is 2.50. The van der Waals surface area contributed by atoms with Gasteiger partial charge in [0.2, 0.25) is 5.89 Å². The van der Waals surface area contributed by atoms with E-state index in [2.05, 4.69) is 133 Å². The third-order valence-electron chi connectivity index (χ3n) is 10.4. The van der Waals surface area contributed by atoms with E-state index in [-0.39, 0.29) is 0 Å². The average molecular weight is 622 g/mol. The first-order valence-corrected chi connectivity index (χ1v) is 16.8. The fourth-order valence-corrected chi connectivity index (χ4v) is 8.23. The lowest BCUT2D eigenvalue weighted by molar-refractivity contribution is 0.623. The topological polar surface area (TPSA) is 26.0 Å². The Morgan fingerprint density at radius 1 is 0.347 bits per heavy atom. The van der Waals surface area contributed by atoms with E-state index in [9.17, 15) is 0 Å². The molecule has 0 saturated heterocycles. The van der Waals surface area contributed by atoms with E-state index >= 15 is 0 Å². The van der Waals surface area contributed by atoms with Gasteiger partial charge in [-0.05, 0) is 106 Å². The van der Waals surface area contributed by atoms with Gasteiger partial charge in [-0.1, -0.05) is 140 Å². The third kappa shape index (κ3) is 3.80. The first kappa shape index (κ1) is 26.5. The molecule has 0 fully saturated rings. The molecule has 1 aliphatic carbocycles. The summed E-state index contributed by atoms with van der Waals surface area (Å²) in [5.41, 5.74) is 12.9. The lowest BCUT2D eigenvalue weighted by Gasteiger charge is -2.15. The van der Waals surface area contributed by atoms with E-state index in [0.717, 1.165) is 32.8 Å². The van der Waals surface area contributed by atoms with E-state index in [4.69, 9.17) is 9.40 Å². The van der Waals surface area contributed by atoms with Crippen LogP contribution in [0.4, 0.5) is 0 Å². The standard InChI is InChI=1S/C47H27NO/c1-2-9-29(10-3-1)47-48-43-26-20-28-17-18-31-27-30(19-21-33(31)44(28)46(43)49-47)32-22-23-38(35-12-5-4-11-34(32)35)39-24-25-42-37-14-7-6-13-36(37)40-15-8-16-41(39)45(40)42/h1-27H. The van der Waals surface area contributed by atoms with Crippen molar-refractivity contribution in [3.63, 3.8) is 0 Å². The van der Waals surface area contributed by atoms with E-state index < -0.39 is 0 Å². The summed E-state index contributed by atoms with van der Waals surface area (Å²) < 4.78 is 6.46. The fourth-order valence-electron chi connectivity index (χ4n) is 8.23. The molecule has 10 aromatic rings. The van der Waals surface area contributed by atoms with Gasteiger partial charge in [0.05, 0.1) is 0 Å². The number of benzene rings is 9. The molecular formula is C47H27NO. The number of rotatable bonds is 3. The fraction of sp³-hybridized carbons (Fsp3) is 0. The van der Waals surface area contributed by atoms with Crippen molar-refractivity contribution in [2.45, 2.75) is 0 Å². The zero-order valence-corrected chi connectivity index (χ0v) is 26.4. The third-order valence-corrected chi connectivity index (χ3v) is 10.4. The Kier molecular flexibility index (Phi) is 5.42. The second kappa shape index (κ2) is 10.00. The van der Waals surface area contributed by atoms with Crippen LogP contribution in [0.5, 0.6) is 0 Å². The lowest BCUT2D eigenvalue weighted by atomic mass is 9.88. The van der Waals surface area contributed by atoms with Crippen molar-refractivity contribution < 1.29 is 4.42 Å². The molecule has 0 saturated carbocycles. The minimum absolute atomic E-state index is 0.646. The maximum absolute atomic E-state index is 6.46. The number of hydrogen-bond acceptors (Lipinski definition) is 2. The van der Waals surface area contributed by atoms with E-state index in [0.29, 0.717) is 5.89 Å². The minimum atomic E-state index is 0.646. The molecule has 0 radical (unpaired) electrons. The maximum atomic E-state index is 6.46. The van der Waals surface area contributed by atoms with Gasteiger partial charge in [-0.3, -0.25) is 0 Å². The summed E-state index contributed by atoms with van der Waals surface area (Å²) in [6.45, 7) is 0. The van der Waals surface area contributed by atoms with Crippen molar-refractivity contribution in [3.8, 4) is 56.0 Å². The normalized spacial score (nSPS) is 12.1. The van der Waals surface area contributed by atoms with Gasteiger partial charge in [-0.25, -0.2) is 4.98 Å². The second-order valence-corrected chi connectivity index (χ2v) is 13.0. The van der Waals surface area contributed by atoms with E-state index in [1.165, 1.54) is 71.4 Å².